The molecule has 0 saturated carbocycles. The molecule has 0 bridgehead atoms. The zero-order valence-electron chi connectivity index (χ0n) is 12.6. The lowest BCUT2D eigenvalue weighted by molar-refractivity contribution is 0.0291. The number of carbonyl (C=O) groups is 1. The first-order chi connectivity index (χ1) is 10.8. The third-order valence-corrected chi connectivity index (χ3v) is 4.98. The number of likely N-dealkylation sites (tertiary alicyclic amines) is 1. The van der Waals surface area contributed by atoms with Gasteiger partial charge in [-0.2, -0.15) is 0 Å². The lowest BCUT2D eigenvalue weighted by Gasteiger charge is -2.34. The first-order valence-electron chi connectivity index (χ1n) is 8.15. The van der Waals surface area contributed by atoms with E-state index < -0.39 is 0 Å². The predicted molar refractivity (Wildman–Crippen MR) is 83.7 cm³/mol. The van der Waals surface area contributed by atoms with Crippen LogP contribution in [0.15, 0.2) is 24.5 Å². The van der Waals surface area contributed by atoms with E-state index in [9.17, 15) is 4.79 Å². The fraction of sp³-hybridized carbons (Fsp3) is 0.529. The smallest absolute Gasteiger partial charge is 0.253 e. The van der Waals surface area contributed by atoms with Gasteiger partial charge in [-0.05, 0) is 49.8 Å². The Kier molecular flexibility index (Phi) is 3.58. The molecule has 116 valence electrons. The second-order valence-electron chi connectivity index (χ2n) is 6.32. The molecule has 1 N–H and O–H groups in total. The number of aromatic nitrogens is 2. The van der Waals surface area contributed by atoms with E-state index in [4.69, 9.17) is 4.74 Å². The number of nitrogens with zero attached hydrogens (tertiary/aromatic N) is 2. The van der Waals surface area contributed by atoms with Gasteiger partial charge in [0, 0.05) is 25.3 Å². The van der Waals surface area contributed by atoms with Crippen molar-refractivity contribution in [2.45, 2.75) is 31.8 Å². The summed E-state index contributed by atoms with van der Waals surface area (Å²) in [6.07, 6.45) is 6.58. The van der Waals surface area contributed by atoms with Gasteiger partial charge < -0.3 is 14.6 Å². The molecule has 1 unspecified atom stereocenters. The number of amides is 1. The van der Waals surface area contributed by atoms with E-state index in [0.29, 0.717) is 12.0 Å². The van der Waals surface area contributed by atoms with Crippen molar-refractivity contribution in [1.82, 2.24) is 14.9 Å². The van der Waals surface area contributed by atoms with Gasteiger partial charge in [0.05, 0.1) is 23.5 Å². The lowest BCUT2D eigenvalue weighted by Crippen LogP contribution is -2.41. The molecule has 2 fully saturated rings. The fourth-order valence-corrected chi connectivity index (χ4v) is 3.70. The molecule has 2 aliphatic heterocycles. The number of hydrogen-bond acceptors (Lipinski definition) is 3. The molecule has 2 saturated heterocycles. The lowest BCUT2D eigenvalue weighted by atomic mass is 9.89. The monoisotopic (exact) mass is 299 g/mol. The zero-order valence-corrected chi connectivity index (χ0v) is 12.6. The SMILES string of the molecule is O=C(c1ccc2nc[nH]c2c1)N1CCC(C2CCCO2)CC1. The van der Waals surface area contributed by atoms with Crippen molar-refractivity contribution >= 4 is 16.9 Å². The number of piperidine rings is 1. The number of nitrogens with one attached hydrogen (secondary N) is 1. The van der Waals surface area contributed by atoms with E-state index in [2.05, 4.69) is 9.97 Å². The molecule has 4 rings (SSSR count). The second kappa shape index (κ2) is 5.72. The van der Waals surface area contributed by atoms with E-state index in [1.807, 2.05) is 23.1 Å². The topological polar surface area (TPSA) is 58.2 Å². The summed E-state index contributed by atoms with van der Waals surface area (Å²) < 4.78 is 5.80. The van der Waals surface area contributed by atoms with Crippen molar-refractivity contribution in [1.29, 1.82) is 0 Å². The summed E-state index contributed by atoms with van der Waals surface area (Å²) in [5.74, 6) is 0.754. The molecule has 1 aromatic heterocycles. The number of carbonyl (C=O) groups excluding carboxylic acids is 1. The molecular formula is C17H21N3O2. The van der Waals surface area contributed by atoms with Gasteiger partial charge in [0.2, 0.25) is 0 Å². The van der Waals surface area contributed by atoms with Crippen LogP contribution in [0.3, 0.4) is 0 Å². The van der Waals surface area contributed by atoms with Crippen LogP contribution in [0.5, 0.6) is 0 Å². The maximum atomic E-state index is 12.7. The largest absolute Gasteiger partial charge is 0.378 e. The van der Waals surface area contributed by atoms with Crippen molar-refractivity contribution in [2.75, 3.05) is 19.7 Å². The Hall–Kier alpha value is -1.88. The van der Waals surface area contributed by atoms with Gasteiger partial charge in [-0.15, -0.1) is 0 Å². The molecular weight excluding hydrogens is 278 g/mol. The Bertz CT molecular complexity index is 667. The van der Waals surface area contributed by atoms with Crippen LogP contribution in [0.4, 0.5) is 0 Å². The van der Waals surface area contributed by atoms with Gasteiger partial charge in [-0.25, -0.2) is 4.98 Å². The molecule has 0 spiro atoms. The Labute approximate surface area is 129 Å². The van der Waals surface area contributed by atoms with Crippen LogP contribution < -0.4 is 0 Å². The van der Waals surface area contributed by atoms with Crippen molar-refractivity contribution in [3.8, 4) is 0 Å². The summed E-state index contributed by atoms with van der Waals surface area (Å²) >= 11 is 0. The second-order valence-corrected chi connectivity index (χ2v) is 6.32. The molecule has 1 aromatic carbocycles. The first-order valence-corrected chi connectivity index (χ1v) is 8.15. The highest BCUT2D eigenvalue weighted by Gasteiger charge is 2.31. The van der Waals surface area contributed by atoms with E-state index in [0.717, 1.165) is 49.1 Å². The highest BCUT2D eigenvalue weighted by Crippen LogP contribution is 2.29. The number of hydrogen-bond donors (Lipinski definition) is 1. The van der Waals surface area contributed by atoms with Crippen LogP contribution in [0.1, 0.15) is 36.0 Å². The normalized spacial score (nSPS) is 23.3. The summed E-state index contributed by atoms with van der Waals surface area (Å²) in [4.78, 5) is 21.9. The van der Waals surface area contributed by atoms with Crippen molar-refractivity contribution in [2.24, 2.45) is 5.92 Å². The van der Waals surface area contributed by atoms with Gasteiger partial charge in [-0.3, -0.25) is 4.79 Å². The minimum atomic E-state index is 0.127. The number of aromatic amines is 1. The maximum Gasteiger partial charge on any atom is 0.253 e. The molecule has 22 heavy (non-hydrogen) atoms. The van der Waals surface area contributed by atoms with Crippen molar-refractivity contribution < 1.29 is 9.53 Å². The van der Waals surface area contributed by atoms with Crippen LogP contribution in [0.2, 0.25) is 0 Å². The number of ether oxygens (including phenoxy) is 1. The van der Waals surface area contributed by atoms with E-state index >= 15 is 0 Å². The summed E-state index contributed by atoms with van der Waals surface area (Å²) in [6.45, 7) is 2.59. The Morgan fingerprint density at radius 1 is 1.27 bits per heavy atom. The molecule has 1 atom stereocenters. The molecule has 3 heterocycles. The van der Waals surface area contributed by atoms with Gasteiger partial charge in [0.15, 0.2) is 0 Å². The van der Waals surface area contributed by atoms with Gasteiger partial charge in [-0.1, -0.05) is 0 Å². The molecule has 5 heteroatoms. The highest BCUT2D eigenvalue weighted by atomic mass is 16.5. The van der Waals surface area contributed by atoms with Crippen LogP contribution in [0, 0.1) is 5.92 Å². The van der Waals surface area contributed by atoms with E-state index in [-0.39, 0.29) is 5.91 Å². The Balaban J connectivity index is 1.42. The molecule has 2 aromatic rings. The van der Waals surface area contributed by atoms with E-state index in [1.54, 1.807) is 6.33 Å². The number of fused-ring (bicyclic) bond motifs is 1. The van der Waals surface area contributed by atoms with Crippen LogP contribution in [-0.2, 0) is 4.74 Å². The standard InChI is InChI=1S/C17H21N3O2/c21-17(13-3-4-14-15(10-13)19-11-18-14)20-7-5-12(6-8-20)16-2-1-9-22-16/h3-4,10-12,16H,1-2,5-9H2,(H,18,19). The van der Waals surface area contributed by atoms with E-state index in [1.165, 1.54) is 12.8 Å². The van der Waals surface area contributed by atoms with Gasteiger partial charge in [0.1, 0.15) is 0 Å². The third kappa shape index (κ3) is 2.50. The molecule has 5 nitrogen and oxygen atoms in total. The predicted octanol–water partition coefficient (Wildman–Crippen LogP) is 2.59. The van der Waals surface area contributed by atoms with Gasteiger partial charge in [0.25, 0.3) is 5.91 Å². The van der Waals surface area contributed by atoms with Crippen LogP contribution in [-0.4, -0.2) is 46.6 Å². The number of H-pyrrole nitrogens is 1. The summed E-state index contributed by atoms with van der Waals surface area (Å²) in [6, 6.07) is 5.67. The van der Waals surface area contributed by atoms with Crippen molar-refractivity contribution in [3.05, 3.63) is 30.1 Å². The summed E-state index contributed by atoms with van der Waals surface area (Å²) in [5.41, 5.74) is 2.56. The van der Waals surface area contributed by atoms with Crippen LogP contribution in [0.25, 0.3) is 11.0 Å². The van der Waals surface area contributed by atoms with Gasteiger partial charge >= 0.3 is 0 Å². The summed E-state index contributed by atoms with van der Waals surface area (Å²) in [5, 5.41) is 0. The number of benzene rings is 1. The quantitative estimate of drug-likeness (QED) is 0.927. The maximum absolute atomic E-state index is 12.7. The zero-order chi connectivity index (χ0) is 14.9. The minimum absolute atomic E-state index is 0.127. The first kappa shape index (κ1) is 13.8. The molecule has 2 aliphatic rings. The number of imidazole rings is 1. The average molecular weight is 299 g/mol. The minimum Gasteiger partial charge on any atom is -0.378 e. The molecule has 1 amide bonds. The Morgan fingerprint density at radius 2 is 2.14 bits per heavy atom. The van der Waals surface area contributed by atoms with Crippen molar-refractivity contribution in [3.63, 3.8) is 0 Å². The average Bonchev–Trinajstić information content (AvgIpc) is 3.25. The highest BCUT2D eigenvalue weighted by molar-refractivity contribution is 5.97. The third-order valence-electron chi connectivity index (χ3n) is 4.98. The van der Waals surface area contributed by atoms with Crippen LogP contribution >= 0.6 is 0 Å². The number of rotatable bonds is 2. The molecule has 0 radical (unpaired) electrons. The Morgan fingerprint density at radius 3 is 2.91 bits per heavy atom. The fourth-order valence-electron chi connectivity index (χ4n) is 3.70. The molecule has 0 aliphatic carbocycles. The summed E-state index contributed by atoms with van der Waals surface area (Å²) in [7, 11) is 0.